The molecule has 4 nitrogen and oxygen atoms in total. The number of anilines is 3. The molecule has 6 aromatic carbocycles. The number of para-hydroxylation sites is 3. The summed E-state index contributed by atoms with van der Waals surface area (Å²) in [5.74, 6) is 0. The van der Waals surface area contributed by atoms with E-state index in [1.54, 1.807) is 0 Å². The number of rotatable bonds is 5. The van der Waals surface area contributed by atoms with Gasteiger partial charge in [0.25, 0.3) is 0 Å². The number of aromatic nitrogens is 3. The summed E-state index contributed by atoms with van der Waals surface area (Å²) in [5, 5.41) is 4.65. The molecule has 0 fully saturated rings. The first-order valence-corrected chi connectivity index (χ1v) is 15.9. The summed E-state index contributed by atoms with van der Waals surface area (Å²) in [6, 6.07) is 54.0. The number of hydrogen-bond donors (Lipinski definition) is 0. The Labute approximate surface area is 272 Å². The topological polar surface area (TPSA) is 34.0 Å². The zero-order chi connectivity index (χ0) is 31.3. The third kappa shape index (κ3) is 4.53. The normalized spacial score (nSPS) is 11.5. The van der Waals surface area contributed by atoms with E-state index in [-0.39, 0.29) is 0 Å². The van der Waals surface area contributed by atoms with Crippen molar-refractivity contribution < 1.29 is 0 Å². The lowest BCUT2D eigenvalue weighted by molar-refractivity contribution is 1.15. The third-order valence-electron chi connectivity index (χ3n) is 9.14. The lowest BCUT2D eigenvalue weighted by Gasteiger charge is -2.25. The second-order valence-corrected chi connectivity index (χ2v) is 12.0. The molecule has 0 saturated carbocycles. The van der Waals surface area contributed by atoms with Crippen molar-refractivity contribution in [2.24, 2.45) is 0 Å². The maximum atomic E-state index is 4.86. The molecule has 0 aliphatic carbocycles. The number of nitrogens with zero attached hydrogens (tertiary/aromatic N) is 4. The van der Waals surface area contributed by atoms with E-state index in [9.17, 15) is 0 Å². The van der Waals surface area contributed by atoms with Crippen LogP contribution in [0.15, 0.2) is 164 Å². The van der Waals surface area contributed by atoms with E-state index in [1.165, 1.54) is 33.1 Å². The lowest BCUT2D eigenvalue weighted by atomic mass is 10.0. The highest BCUT2D eigenvalue weighted by Crippen LogP contribution is 2.40. The first-order valence-electron chi connectivity index (χ1n) is 15.9. The third-order valence-corrected chi connectivity index (χ3v) is 9.14. The quantitative estimate of drug-likeness (QED) is 0.184. The Kier molecular flexibility index (Phi) is 6.32. The predicted molar refractivity (Wildman–Crippen MR) is 196 cm³/mol. The minimum Gasteiger partial charge on any atom is -0.310 e. The van der Waals surface area contributed by atoms with Crippen molar-refractivity contribution in [2.45, 2.75) is 6.92 Å². The molecule has 0 unspecified atom stereocenters. The largest absolute Gasteiger partial charge is 0.310 e. The summed E-state index contributed by atoms with van der Waals surface area (Å²) in [5.41, 5.74) is 12.2. The van der Waals surface area contributed by atoms with Gasteiger partial charge in [-0.05, 0) is 90.8 Å². The average molecular weight is 603 g/mol. The maximum Gasteiger partial charge on any atom is 0.0964 e. The van der Waals surface area contributed by atoms with Crippen LogP contribution < -0.4 is 4.90 Å². The van der Waals surface area contributed by atoms with Gasteiger partial charge in [-0.2, -0.15) is 0 Å². The van der Waals surface area contributed by atoms with Gasteiger partial charge >= 0.3 is 0 Å². The van der Waals surface area contributed by atoms with Crippen molar-refractivity contribution in [2.75, 3.05) is 4.90 Å². The molecule has 0 aliphatic heterocycles. The van der Waals surface area contributed by atoms with Crippen LogP contribution in [0.4, 0.5) is 17.1 Å². The summed E-state index contributed by atoms with van der Waals surface area (Å²) in [6.07, 6.45) is 3.80. The van der Waals surface area contributed by atoms with E-state index in [2.05, 4.69) is 167 Å². The second-order valence-electron chi connectivity index (χ2n) is 12.0. The lowest BCUT2D eigenvalue weighted by Crippen LogP contribution is -2.09. The van der Waals surface area contributed by atoms with Gasteiger partial charge in [0.05, 0.1) is 22.1 Å². The monoisotopic (exact) mass is 602 g/mol. The molecule has 9 aromatic rings. The zero-order valence-electron chi connectivity index (χ0n) is 25.9. The van der Waals surface area contributed by atoms with E-state index in [1.807, 2.05) is 18.5 Å². The summed E-state index contributed by atoms with van der Waals surface area (Å²) >= 11 is 0. The fourth-order valence-electron chi connectivity index (χ4n) is 6.94. The van der Waals surface area contributed by atoms with Gasteiger partial charge in [-0.15, -0.1) is 0 Å². The molecule has 4 heteroatoms. The molecule has 0 N–H and O–H groups in total. The van der Waals surface area contributed by atoms with E-state index in [4.69, 9.17) is 4.98 Å². The van der Waals surface area contributed by atoms with Crippen LogP contribution in [0.25, 0.3) is 60.4 Å². The van der Waals surface area contributed by atoms with Crippen LogP contribution >= 0.6 is 0 Å². The van der Waals surface area contributed by atoms with Crippen molar-refractivity contribution in [3.63, 3.8) is 0 Å². The van der Waals surface area contributed by atoms with Crippen LogP contribution in [0.2, 0.25) is 0 Å². The van der Waals surface area contributed by atoms with Crippen molar-refractivity contribution in [3.8, 4) is 16.8 Å². The minimum absolute atomic E-state index is 0.933. The average Bonchev–Trinajstić information content (AvgIpc) is 3.46. The highest BCUT2D eigenvalue weighted by atomic mass is 15.1. The van der Waals surface area contributed by atoms with E-state index in [0.29, 0.717) is 0 Å². The van der Waals surface area contributed by atoms with Gasteiger partial charge < -0.3 is 9.47 Å². The van der Waals surface area contributed by atoms with Crippen LogP contribution in [-0.2, 0) is 0 Å². The van der Waals surface area contributed by atoms with Gasteiger partial charge in [0.1, 0.15) is 0 Å². The van der Waals surface area contributed by atoms with Crippen LogP contribution in [0.3, 0.4) is 0 Å². The van der Waals surface area contributed by atoms with Crippen molar-refractivity contribution in [1.82, 2.24) is 14.5 Å². The molecule has 47 heavy (non-hydrogen) atoms. The number of aryl methyl sites for hydroxylation is 1. The Balaban J connectivity index is 1.17. The molecule has 3 heterocycles. The molecule has 0 spiro atoms. The van der Waals surface area contributed by atoms with Gasteiger partial charge in [0, 0.05) is 62.3 Å². The van der Waals surface area contributed by atoms with E-state index in [0.717, 1.165) is 50.0 Å². The Morgan fingerprint density at radius 1 is 0.489 bits per heavy atom. The minimum atomic E-state index is 0.933. The molecule has 0 atom stereocenters. The Morgan fingerprint density at radius 3 is 1.98 bits per heavy atom. The molecule has 0 radical (unpaired) electrons. The highest BCUT2D eigenvalue weighted by molar-refractivity contribution is 6.11. The predicted octanol–water partition coefficient (Wildman–Crippen LogP) is 11.3. The number of pyridine rings is 2. The van der Waals surface area contributed by atoms with Crippen LogP contribution in [0, 0.1) is 6.92 Å². The molecule has 0 saturated heterocycles. The first-order chi connectivity index (χ1) is 23.2. The second kappa shape index (κ2) is 11.0. The first kappa shape index (κ1) is 27.1. The van der Waals surface area contributed by atoms with Gasteiger partial charge in [-0.3, -0.25) is 9.97 Å². The summed E-state index contributed by atoms with van der Waals surface area (Å²) < 4.78 is 2.40. The van der Waals surface area contributed by atoms with Gasteiger partial charge in [-0.1, -0.05) is 78.9 Å². The highest BCUT2D eigenvalue weighted by Gasteiger charge is 2.18. The van der Waals surface area contributed by atoms with Gasteiger partial charge in [0.15, 0.2) is 0 Å². The fourth-order valence-corrected chi connectivity index (χ4v) is 6.94. The summed E-state index contributed by atoms with van der Waals surface area (Å²) in [6.45, 7) is 2.20. The molecular weight excluding hydrogens is 573 g/mol. The molecule has 0 bridgehead atoms. The fraction of sp³-hybridized carbons (Fsp3) is 0.0233. The van der Waals surface area contributed by atoms with Gasteiger partial charge in [-0.25, -0.2) is 0 Å². The van der Waals surface area contributed by atoms with Gasteiger partial charge in [0.2, 0.25) is 0 Å². The van der Waals surface area contributed by atoms with Crippen LogP contribution in [-0.4, -0.2) is 14.5 Å². The molecule has 0 amide bonds. The van der Waals surface area contributed by atoms with Crippen LogP contribution in [0.5, 0.6) is 0 Å². The number of fused-ring (bicyclic) bond motifs is 6. The molecule has 3 aromatic heterocycles. The van der Waals surface area contributed by atoms with E-state index < -0.39 is 0 Å². The Hall–Kier alpha value is -6.26. The standard InChI is InChI=1S/C43H30N4/c1-29-25-31(33-26-32-19-18-30-11-10-24-44-42(30)43(32)45-28-33)20-22-39(29)47-40-17-9-8-16-37(40)38-27-36(21-23-41(38)47)46(34-12-4-2-5-13-34)35-14-6-3-7-15-35/h2-28H,1H3. The summed E-state index contributed by atoms with van der Waals surface area (Å²) in [4.78, 5) is 11.8. The molecule has 9 rings (SSSR count). The molecular formula is C43H30N4. The smallest absolute Gasteiger partial charge is 0.0964 e. The molecule has 222 valence electrons. The number of benzene rings is 6. The Bertz CT molecular complexity index is 2550. The van der Waals surface area contributed by atoms with Crippen LogP contribution in [0.1, 0.15) is 5.56 Å². The SMILES string of the molecule is Cc1cc(-c2cnc3c(ccc4cccnc43)c2)ccc1-n1c2ccccc2c2cc(N(c3ccccc3)c3ccccc3)ccc21. The van der Waals surface area contributed by atoms with Crippen molar-refractivity contribution >= 4 is 60.7 Å². The number of hydrogen-bond acceptors (Lipinski definition) is 3. The maximum absolute atomic E-state index is 4.86. The van der Waals surface area contributed by atoms with E-state index >= 15 is 0 Å². The molecule has 0 aliphatic rings. The Morgan fingerprint density at radius 2 is 1.19 bits per heavy atom. The van der Waals surface area contributed by atoms with Crippen molar-refractivity contribution in [3.05, 3.63) is 170 Å². The summed E-state index contributed by atoms with van der Waals surface area (Å²) in [7, 11) is 0. The van der Waals surface area contributed by atoms with Crippen molar-refractivity contribution in [1.29, 1.82) is 0 Å². The zero-order valence-corrected chi connectivity index (χ0v) is 25.9.